The lowest BCUT2D eigenvalue weighted by Crippen LogP contribution is -2.14. The molecule has 14 aromatic rings. The van der Waals surface area contributed by atoms with Crippen molar-refractivity contribution < 1.29 is 27.8 Å². The third-order valence-electron chi connectivity index (χ3n) is 24.8. The summed E-state index contributed by atoms with van der Waals surface area (Å²) in [4.78, 5) is 44.3. The van der Waals surface area contributed by atoms with Gasteiger partial charge in [0.25, 0.3) is 0 Å². The SMILES string of the molecule is CCCCC(CC)COC(=O)c1sc2c(-c3cc4c(-c5ccc(CC(CC)CCCC)s5)c5sc(C)cc5c(-c5ccc(CC(CC)CCCC)s5)c4s3)sc(C)c2c1F.CCCCC(CC)COC(=O)c1sc2c(-c3cc4c(-c5ccc(SCC(CC)CCCC)s5)c5sc(C)cc5c(-c5ccc(SCC(CC)CCCC)s5)c4s3)sc(C)c2c1F. The van der Waals surface area contributed by atoms with Gasteiger partial charge in [-0.3, -0.25) is 0 Å². The molecule has 4 nitrogen and oxygen atoms in total. The fraction of sp³-hybridized carbons (Fsp3) is 0.510. The normalized spacial score (nSPS) is 13.6. The molecule has 0 N–H and O–H groups in total. The van der Waals surface area contributed by atoms with Gasteiger partial charge in [0.15, 0.2) is 11.6 Å². The van der Waals surface area contributed by atoms with E-state index >= 15 is 8.78 Å². The molecule has 12 aromatic heterocycles. The maximum atomic E-state index is 16.4. The van der Waals surface area contributed by atoms with Crippen LogP contribution in [0, 0.1) is 74.8 Å². The van der Waals surface area contributed by atoms with Crippen LogP contribution in [0.15, 0.2) is 81.2 Å². The molecular formula is C102H126F2O4S14. The zero-order valence-corrected chi connectivity index (χ0v) is 86.1. The van der Waals surface area contributed by atoms with Crippen LogP contribution in [0.2, 0.25) is 0 Å². The van der Waals surface area contributed by atoms with E-state index < -0.39 is 23.6 Å². The predicted octanol–water partition coefficient (Wildman–Crippen LogP) is 39.4. The Labute approximate surface area is 782 Å². The van der Waals surface area contributed by atoms with Crippen LogP contribution in [0.4, 0.5) is 8.78 Å². The molecular weight excluding hydrogens is 1780 g/mol. The van der Waals surface area contributed by atoms with E-state index in [1.165, 1.54) is 235 Å². The Balaban J connectivity index is 0.000000210. The maximum absolute atomic E-state index is 16.4. The second kappa shape index (κ2) is 45.4. The predicted molar refractivity (Wildman–Crippen MR) is 553 cm³/mol. The van der Waals surface area contributed by atoms with Gasteiger partial charge in [0.05, 0.1) is 40.8 Å². The molecule has 0 bridgehead atoms. The standard InChI is InChI=1S/C51H63FO2S8.C51H63FO2S6/c1-9-15-18-32(12-4)27-54-51(53)50-45(52)42-31(8)58-48(49(42)62-50)39-26-36-44(38-22-24-41(60-38)56-29-34(14-6)20-17-11-3)46-35(25-30(7)57-46)43(47(36)61-39)37-21-23-40(59-37)55-28-33(13-5)19-16-10-2;1-9-15-18-32(12-4)26-35-21-23-39(57-35)43-37-25-30(7)55-46(37)44(40-24-22-36(58-40)27-33(13-5)19-16-10-2)38-28-41(59-47(38)43)48-49-42(31(8)56-48)45(52)50(60-49)51(53)54-29-34(14-6)20-17-11-3/h21-26,32-34H,9-20,27-29H2,1-8H3;21-25,28,32-34H,9-20,26-27,29H2,1-8H3. The lowest BCUT2D eigenvalue weighted by molar-refractivity contribution is 0.0420. The first kappa shape index (κ1) is 95.5. The number of esters is 2. The molecule has 20 heteroatoms. The molecule has 0 aliphatic carbocycles. The highest BCUT2D eigenvalue weighted by atomic mass is 32.2. The van der Waals surface area contributed by atoms with Gasteiger partial charge in [0.2, 0.25) is 0 Å². The lowest BCUT2D eigenvalue weighted by Gasteiger charge is -2.14. The van der Waals surface area contributed by atoms with Crippen molar-refractivity contribution in [2.45, 2.75) is 286 Å². The number of benzene rings is 2. The van der Waals surface area contributed by atoms with Crippen molar-refractivity contribution in [3.63, 3.8) is 0 Å². The molecule has 0 saturated carbocycles. The Morgan fingerprint density at radius 3 is 0.992 bits per heavy atom. The molecule has 0 fully saturated rings. The van der Waals surface area contributed by atoms with E-state index in [0.717, 1.165) is 126 Å². The number of thiophene rings is 12. The number of carbonyl (C=O) groups is 2. The summed E-state index contributed by atoms with van der Waals surface area (Å²) in [6, 6.07) is 28.5. The Kier molecular flexibility index (Phi) is 35.6. The Morgan fingerprint density at radius 2 is 0.648 bits per heavy atom. The van der Waals surface area contributed by atoms with Crippen LogP contribution in [0.5, 0.6) is 0 Å². The van der Waals surface area contributed by atoms with Crippen LogP contribution in [-0.4, -0.2) is 36.7 Å². The summed E-state index contributed by atoms with van der Waals surface area (Å²) in [5, 5.41) is 6.37. The molecule has 12 heterocycles. The van der Waals surface area contributed by atoms with E-state index in [-0.39, 0.29) is 9.75 Å². The van der Waals surface area contributed by atoms with E-state index in [1.54, 1.807) is 22.7 Å². The van der Waals surface area contributed by atoms with Crippen molar-refractivity contribution in [1.82, 2.24) is 0 Å². The van der Waals surface area contributed by atoms with Crippen LogP contribution in [-0.2, 0) is 22.3 Å². The average Bonchev–Trinajstić information content (AvgIpc) is 1.56. The molecule has 14 rings (SSSR count). The first-order valence-corrected chi connectivity index (χ1v) is 57.4. The minimum atomic E-state index is -0.533. The number of hydrogen-bond acceptors (Lipinski definition) is 18. The van der Waals surface area contributed by atoms with Gasteiger partial charge >= 0.3 is 11.9 Å². The number of rotatable bonds is 46. The highest BCUT2D eigenvalue weighted by Gasteiger charge is 2.33. The molecule has 0 saturated heterocycles. The fourth-order valence-electron chi connectivity index (χ4n) is 17.1. The first-order chi connectivity index (χ1) is 59.2. The highest BCUT2D eigenvalue weighted by Crippen LogP contribution is 2.59. The van der Waals surface area contributed by atoms with Crippen LogP contribution in [0.3, 0.4) is 0 Å². The fourth-order valence-corrected chi connectivity index (χ4v) is 34.6. The van der Waals surface area contributed by atoms with Crippen molar-refractivity contribution in [2.24, 2.45) is 35.5 Å². The molecule has 0 aliphatic rings. The molecule has 6 unspecified atom stereocenters. The quantitative estimate of drug-likeness (QED) is 0.0280. The Bertz CT molecular complexity index is 5550. The molecule has 6 atom stereocenters. The molecule has 0 aliphatic heterocycles. The average molecular weight is 1900 g/mol. The van der Waals surface area contributed by atoms with Gasteiger partial charge in [-0.1, -0.05) is 212 Å². The van der Waals surface area contributed by atoms with Crippen molar-refractivity contribution in [1.29, 1.82) is 0 Å². The zero-order chi connectivity index (χ0) is 86.4. The zero-order valence-electron chi connectivity index (χ0n) is 74.7. The van der Waals surface area contributed by atoms with Gasteiger partial charge in [-0.15, -0.1) is 160 Å². The summed E-state index contributed by atoms with van der Waals surface area (Å²) < 4.78 is 54.1. The number of unbranched alkanes of at least 4 members (excludes halogenated alkanes) is 6. The smallest absolute Gasteiger partial charge is 0.351 e. The summed E-state index contributed by atoms with van der Waals surface area (Å²) >= 11 is 25.2. The van der Waals surface area contributed by atoms with Gasteiger partial charge in [0, 0.05) is 143 Å². The summed E-state index contributed by atoms with van der Waals surface area (Å²) in [6.45, 7) is 36.3. The number of thioether (sulfide) groups is 2. The molecule has 2 aromatic carbocycles. The molecule has 0 radical (unpaired) electrons. The maximum Gasteiger partial charge on any atom is 0.351 e. The number of fused-ring (bicyclic) bond motifs is 6. The number of aryl methyl sites for hydroxylation is 4. The minimum absolute atomic E-state index is 0.100. The number of ether oxygens (including phenoxy) is 2. The van der Waals surface area contributed by atoms with Crippen LogP contribution in [0.25, 0.3) is 122 Å². The number of hydrogen-bond donors (Lipinski definition) is 0. The summed E-state index contributed by atoms with van der Waals surface area (Å²) in [6.07, 6.45) is 30.9. The van der Waals surface area contributed by atoms with E-state index in [0.29, 0.717) is 47.7 Å². The third kappa shape index (κ3) is 22.0. The largest absolute Gasteiger partial charge is 0.461 e. The lowest BCUT2D eigenvalue weighted by atomic mass is 9.95. The van der Waals surface area contributed by atoms with E-state index in [4.69, 9.17) is 9.47 Å². The van der Waals surface area contributed by atoms with E-state index in [9.17, 15) is 9.59 Å². The van der Waals surface area contributed by atoms with Crippen molar-refractivity contribution in [2.75, 3.05) is 24.7 Å². The molecule has 0 spiro atoms. The Morgan fingerprint density at radius 1 is 0.336 bits per heavy atom. The van der Waals surface area contributed by atoms with Gasteiger partial charge in [-0.2, -0.15) is 0 Å². The van der Waals surface area contributed by atoms with Gasteiger partial charge < -0.3 is 9.47 Å². The minimum Gasteiger partial charge on any atom is -0.461 e. The number of carbonyl (C=O) groups excluding carboxylic acids is 2. The van der Waals surface area contributed by atoms with E-state index in [1.807, 2.05) is 128 Å². The summed E-state index contributed by atoms with van der Waals surface area (Å²) in [5.41, 5.74) is 5.32. The first-order valence-electron chi connectivity index (χ1n) is 45.6. The topological polar surface area (TPSA) is 52.6 Å². The highest BCUT2D eigenvalue weighted by molar-refractivity contribution is 8.01. The monoisotopic (exact) mass is 1900 g/mol. The molecule has 656 valence electrons. The van der Waals surface area contributed by atoms with E-state index in [2.05, 4.69) is 170 Å². The Hall–Kier alpha value is -4.10. The summed E-state index contributed by atoms with van der Waals surface area (Å²) in [7, 11) is 0. The van der Waals surface area contributed by atoms with Gasteiger partial charge in [-0.05, 0) is 175 Å². The second-order valence-corrected chi connectivity index (χ2v) is 50.0. The van der Waals surface area contributed by atoms with Crippen molar-refractivity contribution in [3.05, 3.63) is 123 Å². The van der Waals surface area contributed by atoms with Gasteiger partial charge in [0.1, 0.15) is 9.75 Å². The summed E-state index contributed by atoms with van der Waals surface area (Å²) in [5.74, 6) is 3.93. The number of halogens is 2. The van der Waals surface area contributed by atoms with Crippen LogP contribution in [0.1, 0.15) is 286 Å². The van der Waals surface area contributed by atoms with Crippen molar-refractivity contribution >= 4 is 232 Å². The van der Waals surface area contributed by atoms with Crippen molar-refractivity contribution in [3.8, 4) is 61.3 Å². The molecule has 122 heavy (non-hydrogen) atoms. The van der Waals surface area contributed by atoms with Gasteiger partial charge in [-0.25, -0.2) is 18.4 Å². The van der Waals surface area contributed by atoms with Crippen LogP contribution < -0.4 is 0 Å². The second-order valence-electron chi connectivity index (χ2n) is 33.8. The third-order valence-corrected chi connectivity index (χ3v) is 41.8. The molecule has 0 amide bonds. The van der Waals surface area contributed by atoms with Crippen LogP contribution >= 0.6 is 160 Å².